The van der Waals surface area contributed by atoms with Crippen LogP contribution >= 0.6 is 0 Å². The number of nitrogens with two attached hydrogens (primary N) is 1. The third-order valence-corrected chi connectivity index (χ3v) is 1.32. The molecule has 0 aliphatic heterocycles. The van der Waals surface area contributed by atoms with Gasteiger partial charge in [0, 0.05) is 6.54 Å². The van der Waals surface area contributed by atoms with E-state index in [0.29, 0.717) is 19.2 Å². The van der Waals surface area contributed by atoms with E-state index in [9.17, 15) is 0 Å². The molecule has 0 amide bonds. The Hall–Kier alpha value is -1.10. The number of hydrogen-bond donors (Lipinski definition) is 3. The van der Waals surface area contributed by atoms with Gasteiger partial charge in [0.25, 0.3) is 0 Å². The Balaban J connectivity index is 3.77. The molecule has 0 saturated heterocycles. The molecule has 0 fully saturated rings. The Morgan fingerprint density at radius 1 is 1.31 bits per heavy atom. The molecule has 0 saturated carbocycles. The first-order valence-electron chi connectivity index (χ1n) is 4.49. The molecule has 4 N–H and O–H groups in total. The summed E-state index contributed by atoms with van der Waals surface area (Å²) in [6.45, 7) is 8.02. The van der Waals surface area contributed by atoms with E-state index in [1.54, 1.807) is 0 Å². The van der Waals surface area contributed by atoms with Crippen molar-refractivity contribution in [2.75, 3.05) is 19.8 Å². The molecule has 0 aliphatic carbocycles. The molecule has 0 bridgehead atoms. The van der Waals surface area contributed by atoms with Crippen molar-refractivity contribution in [1.82, 2.24) is 10.6 Å². The first kappa shape index (κ1) is 11.9. The zero-order valence-corrected chi connectivity index (χ0v) is 8.59. The quantitative estimate of drug-likeness (QED) is 0.325. The van der Waals surface area contributed by atoms with Crippen molar-refractivity contribution < 1.29 is 0 Å². The predicted molar refractivity (Wildman–Crippen MR) is 57.0 cm³/mol. The minimum absolute atomic E-state index is 0.417. The molecule has 13 heavy (non-hydrogen) atoms. The Kier molecular flexibility index (Phi) is 6.91. The van der Waals surface area contributed by atoms with E-state index < -0.39 is 0 Å². The lowest BCUT2D eigenvalue weighted by Crippen LogP contribution is -2.36. The fourth-order valence-electron chi connectivity index (χ4n) is 0.721. The van der Waals surface area contributed by atoms with Gasteiger partial charge >= 0.3 is 0 Å². The van der Waals surface area contributed by atoms with Gasteiger partial charge in [0.15, 0.2) is 5.96 Å². The summed E-state index contributed by atoms with van der Waals surface area (Å²) in [5.41, 5.74) is 5.53. The van der Waals surface area contributed by atoms with E-state index >= 15 is 0 Å². The molecule has 0 radical (unpaired) electrons. The number of rotatable bonds is 4. The van der Waals surface area contributed by atoms with Crippen molar-refractivity contribution in [2.45, 2.75) is 20.8 Å². The minimum Gasteiger partial charge on any atom is -0.370 e. The second-order valence-corrected chi connectivity index (χ2v) is 2.49. The largest absolute Gasteiger partial charge is 0.370 e. The van der Waals surface area contributed by atoms with E-state index in [-0.39, 0.29) is 0 Å². The maximum absolute atomic E-state index is 5.53. The molecule has 5 heteroatoms. The fraction of sp³-hybridized carbons (Fsp3) is 0.750. The second-order valence-electron chi connectivity index (χ2n) is 2.49. The normalized spacial score (nSPS) is 13.2. The van der Waals surface area contributed by atoms with Gasteiger partial charge in [-0.1, -0.05) is 6.92 Å². The number of amidine groups is 1. The van der Waals surface area contributed by atoms with Crippen LogP contribution < -0.4 is 16.4 Å². The van der Waals surface area contributed by atoms with Crippen molar-refractivity contribution >= 4 is 11.8 Å². The zero-order valence-electron chi connectivity index (χ0n) is 8.59. The minimum atomic E-state index is 0.417. The summed E-state index contributed by atoms with van der Waals surface area (Å²) >= 11 is 0. The number of nitrogens with zero attached hydrogens (tertiary/aromatic N) is 2. The molecule has 0 aliphatic rings. The first-order valence-corrected chi connectivity index (χ1v) is 4.49. The topological polar surface area (TPSA) is 74.8 Å². The molecular weight excluding hydrogens is 166 g/mol. The highest BCUT2D eigenvalue weighted by Crippen LogP contribution is 1.73. The van der Waals surface area contributed by atoms with Crippen LogP contribution in [0.15, 0.2) is 9.98 Å². The van der Waals surface area contributed by atoms with Crippen LogP contribution in [-0.2, 0) is 0 Å². The van der Waals surface area contributed by atoms with E-state index in [4.69, 9.17) is 5.73 Å². The van der Waals surface area contributed by atoms with Crippen LogP contribution in [0.25, 0.3) is 0 Å². The number of nitrogens with one attached hydrogen (secondary N) is 2. The molecule has 0 spiro atoms. The molecule has 5 nitrogen and oxygen atoms in total. The number of guanidine groups is 1. The molecule has 0 aromatic carbocycles. The van der Waals surface area contributed by atoms with Gasteiger partial charge in [-0.3, -0.25) is 15.3 Å². The van der Waals surface area contributed by atoms with Crippen molar-refractivity contribution in [3.8, 4) is 0 Å². The highest BCUT2D eigenvalue weighted by atomic mass is 15.1. The van der Waals surface area contributed by atoms with E-state index in [1.807, 2.05) is 20.8 Å². The lowest BCUT2D eigenvalue weighted by atomic mass is 10.6. The highest BCUT2D eigenvalue weighted by molar-refractivity contribution is 5.97. The molecule has 0 aromatic rings. The van der Waals surface area contributed by atoms with Crippen LogP contribution in [-0.4, -0.2) is 31.6 Å². The van der Waals surface area contributed by atoms with Gasteiger partial charge in [-0.15, -0.1) is 0 Å². The van der Waals surface area contributed by atoms with Crippen LogP contribution in [0, 0.1) is 0 Å². The molecule has 0 aromatic heterocycles. The Bertz CT molecular complexity index is 185. The van der Waals surface area contributed by atoms with Crippen molar-refractivity contribution in [1.29, 1.82) is 0 Å². The molecule has 0 heterocycles. The smallest absolute Gasteiger partial charge is 0.194 e. The average Bonchev–Trinajstić information content (AvgIpc) is 2.05. The summed E-state index contributed by atoms with van der Waals surface area (Å²) in [6.07, 6.45) is 0. The van der Waals surface area contributed by atoms with Gasteiger partial charge < -0.3 is 11.1 Å². The zero-order chi connectivity index (χ0) is 10.1. The van der Waals surface area contributed by atoms with Crippen molar-refractivity contribution in [2.24, 2.45) is 15.7 Å². The standard InChI is InChI=1S/C8H19N5/c1-4-10-6-12-7(3)13-8(9)11-5-2/h10H,4-6H2,1-3H3,(H3,9,11,12,13). The van der Waals surface area contributed by atoms with Gasteiger partial charge in [0.1, 0.15) is 5.84 Å². The van der Waals surface area contributed by atoms with Gasteiger partial charge in [-0.05, 0) is 20.4 Å². The van der Waals surface area contributed by atoms with E-state index in [2.05, 4.69) is 20.6 Å². The van der Waals surface area contributed by atoms with Gasteiger partial charge in [-0.2, -0.15) is 0 Å². The molecule has 0 atom stereocenters. The highest BCUT2D eigenvalue weighted by Gasteiger charge is 1.91. The van der Waals surface area contributed by atoms with Crippen LogP contribution in [0.4, 0.5) is 0 Å². The molecule has 76 valence electrons. The summed E-state index contributed by atoms with van der Waals surface area (Å²) in [7, 11) is 0. The third-order valence-electron chi connectivity index (χ3n) is 1.32. The molecule has 0 unspecified atom stereocenters. The van der Waals surface area contributed by atoms with Crippen LogP contribution in [0.2, 0.25) is 0 Å². The summed E-state index contributed by atoms with van der Waals surface area (Å²) in [4.78, 5) is 8.14. The number of hydrogen-bond acceptors (Lipinski definition) is 3. The summed E-state index contributed by atoms with van der Waals surface area (Å²) < 4.78 is 0. The van der Waals surface area contributed by atoms with Gasteiger partial charge in [-0.25, -0.2) is 0 Å². The maximum Gasteiger partial charge on any atom is 0.194 e. The fourth-order valence-corrected chi connectivity index (χ4v) is 0.721. The Morgan fingerprint density at radius 2 is 2.00 bits per heavy atom. The van der Waals surface area contributed by atoms with Crippen LogP contribution in [0.5, 0.6) is 0 Å². The SMILES string of the molecule is CCN=C(N)NC(C)=NCNCC. The van der Waals surface area contributed by atoms with E-state index in [0.717, 1.165) is 12.4 Å². The predicted octanol–water partition coefficient (Wildman–Crippen LogP) is -0.104. The average molecular weight is 185 g/mol. The van der Waals surface area contributed by atoms with Crippen LogP contribution in [0.1, 0.15) is 20.8 Å². The molecular formula is C8H19N5. The Morgan fingerprint density at radius 3 is 2.54 bits per heavy atom. The third kappa shape index (κ3) is 7.27. The summed E-state index contributed by atoms with van der Waals surface area (Å²) in [5, 5.41) is 5.95. The maximum atomic E-state index is 5.53. The summed E-state index contributed by atoms with van der Waals surface area (Å²) in [5.74, 6) is 1.19. The van der Waals surface area contributed by atoms with Gasteiger partial charge in [0.05, 0.1) is 6.67 Å². The van der Waals surface area contributed by atoms with Crippen molar-refractivity contribution in [3.63, 3.8) is 0 Å². The molecule has 0 rings (SSSR count). The first-order chi connectivity index (χ1) is 6.20. The van der Waals surface area contributed by atoms with E-state index in [1.165, 1.54) is 0 Å². The monoisotopic (exact) mass is 185 g/mol. The lowest BCUT2D eigenvalue weighted by molar-refractivity contribution is 0.741. The second kappa shape index (κ2) is 7.54. The lowest BCUT2D eigenvalue weighted by Gasteiger charge is -2.04. The number of aliphatic imine (C=N–C) groups is 2. The van der Waals surface area contributed by atoms with Crippen molar-refractivity contribution in [3.05, 3.63) is 0 Å². The summed E-state index contributed by atoms with van der Waals surface area (Å²) in [6, 6.07) is 0. The van der Waals surface area contributed by atoms with Crippen LogP contribution in [0.3, 0.4) is 0 Å². The van der Waals surface area contributed by atoms with Gasteiger partial charge in [0.2, 0.25) is 0 Å². The Labute approximate surface area is 79.5 Å².